The molecule has 4 rings (SSSR count). The van der Waals surface area contributed by atoms with Crippen molar-refractivity contribution in [3.8, 4) is 0 Å². The summed E-state index contributed by atoms with van der Waals surface area (Å²) in [5.41, 5.74) is 1.85. The number of rotatable bonds is 4. The fourth-order valence-electron chi connectivity index (χ4n) is 3.92. The average Bonchev–Trinajstić information content (AvgIpc) is 3.21. The van der Waals surface area contributed by atoms with Crippen LogP contribution in [-0.2, 0) is 0 Å². The molecule has 1 N–H and O–H groups in total. The molecule has 7 nitrogen and oxygen atoms in total. The van der Waals surface area contributed by atoms with Crippen molar-refractivity contribution in [3.63, 3.8) is 0 Å². The molecular weight excluding hydrogens is 359 g/mol. The topological polar surface area (TPSA) is 64.6 Å². The number of hydrogen-bond donors (Lipinski definition) is 1. The first-order valence-corrected chi connectivity index (χ1v) is 9.74. The molecule has 1 aliphatic heterocycles. The molecule has 28 heavy (non-hydrogen) atoms. The normalized spacial score (nSPS) is 17.3. The number of anilines is 4. The molecule has 0 radical (unpaired) electrons. The molecule has 1 fully saturated rings. The van der Waals surface area contributed by atoms with Crippen LogP contribution < -0.4 is 15.2 Å². The Bertz CT molecular complexity index is 898. The van der Waals surface area contributed by atoms with E-state index in [0.29, 0.717) is 35.2 Å². The van der Waals surface area contributed by atoms with E-state index in [0.717, 1.165) is 25.7 Å². The lowest BCUT2D eigenvalue weighted by molar-refractivity contribution is 0.191. The number of amides is 2. The molecule has 0 unspecified atom stereocenters. The first-order chi connectivity index (χ1) is 13.5. The third kappa shape index (κ3) is 3.12. The van der Waals surface area contributed by atoms with Gasteiger partial charge in [-0.3, -0.25) is 9.91 Å². The van der Waals surface area contributed by atoms with Crippen molar-refractivity contribution in [2.45, 2.75) is 45.6 Å². The monoisotopic (exact) mass is 384 g/mol. The molecule has 2 aromatic rings. The minimum absolute atomic E-state index is 0.0770. The molecule has 1 aromatic heterocycles. The van der Waals surface area contributed by atoms with Gasteiger partial charge in [-0.15, -0.1) is 0 Å². The van der Waals surface area contributed by atoms with Crippen molar-refractivity contribution < 1.29 is 9.18 Å². The molecule has 0 saturated heterocycles. The van der Waals surface area contributed by atoms with Gasteiger partial charge in [0.25, 0.3) is 0 Å². The van der Waals surface area contributed by atoms with E-state index in [1.807, 2.05) is 11.9 Å². The van der Waals surface area contributed by atoms with E-state index in [4.69, 9.17) is 4.98 Å². The summed E-state index contributed by atoms with van der Waals surface area (Å²) < 4.78 is 13.9. The Balaban J connectivity index is 1.72. The van der Waals surface area contributed by atoms with Crippen molar-refractivity contribution in [2.24, 2.45) is 0 Å². The fourth-order valence-corrected chi connectivity index (χ4v) is 3.92. The summed E-state index contributed by atoms with van der Waals surface area (Å²) in [6, 6.07) is 5.11. The van der Waals surface area contributed by atoms with Gasteiger partial charge < -0.3 is 5.32 Å². The smallest absolute Gasteiger partial charge is 0.324 e. The SMILES string of the molecule is CCN1C(=O)N(C)c2cnc(Nc3ccc(C)c(F)c3)nc2N1C1CCCC1. The summed E-state index contributed by atoms with van der Waals surface area (Å²) >= 11 is 0. The molecule has 8 heteroatoms. The molecule has 1 aliphatic carbocycles. The largest absolute Gasteiger partial charge is 0.343 e. The standard InChI is InChI=1S/C20H25FN6O/c1-4-26-20(28)25(3)17-12-22-19(23-14-10-9-13(2)16(21)11-14)24-18(17)27(26)15-7-5-6-8-15/h9-12,15H,4-8H2,1-3H3,(H,22,23,24). The number of nitrogens with one attached hydrogen (secondary N) is 1. The third-order valence-corrected chi connectivity index (χ3v) is 5.49. The minimum Gasteiger partial charge on any atom is -0.324 e. The number of hydrogen-bond acceptors (Lipinski definition) is 5. The summed E-state index contributed by atoms with van der Waals surface area (Å²) in [5, 5.41) is 6.87. The van der Waals surface area contributed by atoms with Crippen LogP contribution in [0.5, 0.6) is 0 Å². The van der Waals surface area contributed by atoms with Crippen LogP contribution >= 0.6 is 0 Å². The number of carbonyl (C=O) groups is 1. The summed E-state index contributed by atoms with van der Waals surface area (Å²) in [6.07, 6.45) is 6.02. The van der Waals surface area contributed by atoms with E-state index in [1.165, 1.54) is 6.07 Å². The first-order valence-electron chi connectivity index (χ1n) is 9.74. The Morgan fingerprint density at radius 1 is 1.29 bits per heavy atom. The lowest BCUT2D eigenvalue weighted by atomic mass is 10.2. The molecule has 1 saturated carbocycles. The predicted octanol–water partition coefficient (Wildman–Crippen LogP) is 4.22. The van der Waals surface area contributed by atoms with Crippen molar-refractivity contribution in [1.82, 2.24) is 15.0 Å². The first kappa shape index (κ1) is 18.5. The van der Waals surface area contributed by atoms with Gasteiger partial charge in [-0.25, -0.2) is 19.2 Å². The van der Waals surface area contributed by atoms with Crippen LogP contribution in [0.4, 0.5) is 32.3 Å². The number of urea groups is 1. The second-order valence-electron chi connectivity index (χ2n) is 7.33. The van der Waals surface area contributed by atoms with Gasteiger partial charge >= 0.3 is 6.03 Å². The van der Waals surface area contributed by atoms with Crippen LogP contribution in [-0.4, -0.2) is 40.6 Å². The number of aryl methyl sites for hydroxylation is 1. The van der Waals surface area contributed by atoms with Crippen LogP contribution in [0.15, 0.2) is 24.4 Å². The van der Waals surface area contributed by atoms with Gasteiger partial charge in [-0.05, 0) is 44.4 Å². The molecule has 0 spiro atoms. The highest BCUT2D eigenvalue weighted by Crippen LogP contribution is 2.38. The lowest BCUT2D eigenvalue weighted by Gasteiger charge is -2.45. The fraction of sp³-hybridized carbons (Fsp3) is 0.450. The average molecular weight is 384 g/mol. The zero-order chi connectivity index (χ0) is 19.8. The second-order valence-corrected chi connectivity index (χ2v) is 7.33. The summed E-state index contributed by atoms with van der Waals surface area (Å²) in [7, 11) is 1.74. The Hall–Kier alpha value is -2.90. The number of aromatic nitrogens is 2. The molecule has 148 valence electrons. The van der Waals surface area contributed by atoms with Crippen molar-refractivity contribution in [3.05, 3.63) is 35.8 Å². The van der Waals surface area contributed by atoms with Gasteiger partial charge in [-0.1, -0.05) is 18.9 Å². The molecule has 2 aliphatic rings. The molecule has 0 atom stereocenters. The molecule has 2 amide bonds. The van der Waals surface area contributed by atoms with Gasteiger partial charge in [0, 0.05) is 19.3 Å². The third-order valence-electron chi connectivity index (χ3n) is 5.49. The van der Waals surface area contributed by atoms with E-state index in [9.17, 15) is 9.18 Å². The number of benzene rings is 1. The highest BCUT2D eigenvalue weighted by Gasteiger charge is 2.39. The maximum atomic E-state index is 13.9. The quantitative estimate of drug-likeness (QED) is 0.855. The van der Waals surface area contributed by atoms with Gasteiger partial charge in [-0.2, -0.15) is 4.98 Å². The van der Waals surface area contributed by atoms with Crippen LogP contribution in [0, 0.1) is 12.7 Å². The Morgan fingerprint density at radius 3 is 2.71 bits per heavy atom. The van der Waals surface area contributed by atoms with Crippen molar-refractivity contribution in [2.75, 3.05) is 28.8 Å². The van der Waals surface area contributed by atoms with E-state index in [-0.39, 0.29) is 17.9 Å². The van der Waals surface area contributed by atoms with Crippen LogP contribution in [0.2, 0.25) is 0 Å². The lowest BCUT2D eigenvalue weighted by Crippen LogP contribution is -2.59. The Labute approximate surface area is 164 Å². The molecule has 2 heterocycles. The summed E-state index contributed by atoms with van der Waals surface area (Å²) in [6.45, 7) is 4.25. The zero-order valence-corrected chi connectivity index (χ0v) is 16.4. The van der Waals surface area contributed by atoms with Crippen molar-refractivity contribution in [1.29, 1.82) is 0 Å². The Morgan fingerprint density at radius 2 is 2.04 bits per heavy atom. The van der Waals surface area contributed by atoms with Crippen LogP contribution in [0.3, 0.4) is 0 Å². The maximum absolute atomic E-state index is 13.9. The number of halogens is 1. The van der Waals surface area contributed by atoms with Gasteiger partial charge in [0.2, 0.25) is 5.95 Å². The van der Waals surface area contributed by atoms with E-state index in [1.54, 1.807) is 42.2 Å². The number of carbonyl (C=O) groups excluding carboxylic acids is 1. The van der Waals surface area contributed by atoms with Crippen LogP contribution in [0.25, 0.3) is 0 Å². The van der Waals surface area contributed by atoms with E-state index >= 15 is 0 Å². The van der Waals surface area contributed by atoms with Gasteiger partial charge in [0.1, 0.15) is 11.5 Å². The highest BCUT2D eigenvalue weighted by atomic mass is 19.1. The van der Waals surface area contributed by atoms with Gasteiger partial charge in [0.15, 0.2) is 5.82 Å². The van der Waals surface area contributed by atoms with Crippen molar-refractivity contribution >= 4 is 29.2 Å². The molecular formula is C20H25FN6O. The predicted molar refractivity (Wildman–Crippen MR) is 107 cm³/mol. The number of nitrogens with zero attached hydrogens (tertiary/aromatic N) is 5. The molecule has 1 aromatic carbocycles. The summed E-state index contributed by atoms with van der Waals surface area (Å²) in [4.78, 5) is 23.5. The minimum atomic E-state index is -0.280. The van der Waals surface area contributed by atoms with E-state index < -0.39 is 0 Å². The Kier molecular flexibility index (Phi) is 4.78. The highest BCUT2D eigenvalue weighted by molar-refractivity contribution is 5.98. The zero-order valence-electron chi connectivity index (χ0n) is 16.4. The van der Waals surface area contributed by atoms with Crippen LogP contribution in [0.1, 0.15) is 38.2 Å². The van der Waals surface area contributed by atoms with E-state index in [2.05, 4.69) is 10.3 Å². The van der Waals surface area contributed by atoms with Gasteiger partial charge in [0.05, 0.1) is 12.2 Å². The number of hydrazine groups is 1. The second kappa shape index (κ2) is 7.26. The summed E-state index contributed by atoms with van der Waals surface area (Å²) in [5.74, 6) is 0.808. The maximum Gasteiger partial charge on any atom is 0.343 e. The number of fused-ring (bicyclic) bond motifs is 1. The molecule has 0 bridgehead atoms.